The molecule has 0 unspecified atom stereocenters. The van der Waals surface area contributed by atoms with Gasteiger partial charge in [0.25, 0.3) is 0 Å². The molecule has 1 aromatic carbocycles. The quantitative estimate of drug-likeness (QED) is 0.761. The summed E-state index contributed by atoms with van der Waals surface area (Å²) >= 11 is 0. The van der Waals surface area contributed by atoms with E-state index in [0.29, 0.717) is 26.2 Å². The van der Waals surface area contributed by atoms with Crippen LogP contribution in [-0.2, 0) is 29.6 Å². The molecule has 5 heteroatoms. The summed E-state index contributed by atoms with van der Waals surface area (Å²) in [6.07, 6.45) is 1.20. The summed E-state index contributed by atoms with van der Waals surface area (Å²) in [4.78, 5) is 11.9. The van der Waals surface area contributed by atoms with Gasteiger partial charge in [0.1, 0.15) is 0 Å². The minimum atomic E-state index is 0.0518. The summed E-state index contributed by atoms with van der Waals surface area (Å²) in [6.45, 7) is 5.65. The van der Waals surface area contributed by atoms with Crippen molar-refractivity contribution in [1.82, 2.24) is 15.1 Å². The molecular weight excluding hydrogens is 290 g/mol. The van der Waals surface area contributed by atoms with Crippen molar-refractivity contribution in [2.45, 2.75) is 33.3 Å². The zero-order chi connectivity index (χ0) is 16.7. The average molecular weight is 315 g/mol. The number of carbonyl (C=O) groups is 1. The average Bonchev–Trinajstić information content (AvgIpc) is 2.79. The van der Waals surface area contributed by atoms with E-state index in [0.717, 1.165) is 23.4 Å². The Labute approximate surface area is 137 Å². The first-order valence-corrected chi connectivity index (χ1v) is 7.95. The van der Waals surface area contributed by atoms with Gasteiger partial charge in [0.05, 0.1) is 18.9 Å². The standard InChI is InChI=1S/C18H25N3O2/c1-14-17(15(2)21(3)20-14)9-10-18(22)19-11-12-23-13-16-7-5-4-6-8-16/h4-8H,9-13H2,1-3H3,(H,19,22). The van der Waals surface area contributed by atoms with E-state index in [1.807, 2.05) is 55.9 Å². The Morgan fingerprint density at radius 3 is 2.65 bits per heavy atom. The molecule has 0 bridgehead atoms. The van der Waals surface area contributed by atoms with Gasteiger partial charge in [0.2, 0.25) is 5.91 Å². The monoisotopic (exact) mass is 315 g/mol. The molecule has 5 nitrogen and oxygen atoms in total. The molecule has 2 aromatic rings. The fourth-order valence-electron chi connectivity index (χ4n) is 2.53. The molecule has 1 N–H and O–H groups in total. The maximum atomic E-state index is 11.9. The maximum absolute atomic E-state index is 11.9. The number of ether oxygens (including phenoxy) is 1. The third-order valence-corrected chi connectivity index (χ3v) is 3.94. The SMILES string of the molecule is Cc1nn(C)c(C)c1CCC(=O)NCCOCc1ccccc1. The normalized spacial score (nSPS) is 10.7. The third-order valence-electron chi connectivity index (χ3n) is 3.94. The Hall–Kier alpha value is -2.14. The number of aromatic nitrogens is 2. The summed E-state index contributed by atoms with van der Waals surface area (Å²) < 4.78 is 7.41. The molecule has 1 amide bonds. The first-order valence-electron chi connectivity index (χ1n) is 7.95. The fourth-order valence-corrected chi connectivity index (χ4v) is 2.53. The van der Waals surface area contributed by atoms with Gasteiger partial charge in [-0.25, -0.2) is 0 Å². The Bertz CT molecular complexity index is 635. The molecule has 1 aromatic heterocycles. The van der Waals surface area contributed by atoms with Crippen molar-refractivity contribution in [2.24, 2.45) is 7.05 Å². The van der Waals surface area contributed by atoms with Gasteiger partial charge >= 0.3 is 0 Å². The van der Waals surface area contributed by atoms with Crippen molar-refractivity contribution < 1.29 is 9.53 Å². The number of hydrogen-bond acceptors (Lipinski definition) is 3. The molecular formula is C18H25N3O2. The molecule has 0 saturated carbocycles. The van der Waals surface area contributed by atoms with E-state index in [1.165, 1.54) is 5.56 Å². The number of hydrogen-bond donors (Lipinski definition) is 1. The highest BCUT2D eigenvalue weighted by Gasteiger charge is 2.11. The third kappa shape index (κ3) is 5.21. The number of amides is 1. The van der Waals surface area contributed by atoms with Crippen LogP contribution in [-0.4, -0.2) is 28.8 Å². The van der Waals surface area contributed by atoms with Crippen LogP contribution in [0.25, 0.3) is 0 Å². The second kappa shape index (κ2) is 8.48. The second-order valence-corrected chi connectivity index (χ2v) is 5.66. The topological polar surface area (TPSA) is 56.2 Å². The number of nitrogens with one attached hydrogen (secondary N) is 1. The number of benzene rings is 1. The second-order valence-electron chi connectivity index (χ2n) is 5.66. The number of aryl methyl sites for hydroxylation is 2. The minimum Gasteiger partial charge on any atom is -0.375 e. The molecule has 0 radical (unpaired) electrons. The van der Waals surface area contributed by atoms with Crippen LogP contribution in [0.2, 0.25) is 0 Å². The number of rotatable bonds is 8. The molecule has 0 aliphatic heterocycles. The van der Waals surface area contributed by atoms with Gasteiger partial charge in [-0.3, -0.25) is 9.48 Å². The molecule has 2 rings (SSSR count). The van der Waals surface area contributed by atoms with E-state index >= 15 is 0 Å². The predicted molar refractivity (Wildman–Crippen MR) is 90.1 cm³/mol. The van der Waals surface area contributed by atoms with Crippen molar-refractivity contribution in [1.29, 1.82) is 0 Å². The zero-order valence-corrected chi connectivity index (χ0v) is 14.1. The van der Waals surface area contributed by atoms with Crippen LogP contribution in [0.15, 0.2) is 30.3 Å². The highest BCUT2D eigenvalue weighted by Crippen LogP contribution is 2.13. The Morgan fingerprint density at radius 1 is 1.26 bits per heavy atom. The molecule has 0 aliphatic carbocycles. The highest BCUT2D eigenvalue weighted by molar-refractivity contribution is 5.76. The van der Waals surface area contributed by atoms with Gasteiger partial charge in [-0.1, -0.05) is 30.3 Å². The Kier molecular flexibility index (Phi) is 6.35. The molecule has 23 heavy (non-hydrogen) atoms. The van der Waals surface area contributed by atoms with Crippen LogP contribution in [0.3, 0.4) is 0 Å². The lowest BCUT2D eigenvalue weighted by atomic mass is 10.1. The van der Waals surface area contributed by atoms with E-state index in [-0.39, 0.29) is 5.91 Å². The van der Waals surface area contributed by atoms with Crippen molar-refractivity contribution >= 4 is 5.91 Å². The van der Waals surface area contributed by atoms with Gasteiger partial charge in [-0.2, -0.15) is 5.10 Å². The van der Waals surface area contributed by atoms with Crippen LogP contribution >= 0.6 is 0 Å². The van der Waals surface area contributed by atoms with Crippen molar-refractivity contribution in [2.75, 3.05) is 13.2 Å². The first-order chi connectivity index (χ1) is 11.1. The number of nitrogens with zero attached hydrogens (tertiary/aromatic N) is 2. The minimum absolute atomic E-state index is 0.0518. The Balaban J connectivity index is 1.62. The van der Waals surface area contributed by atoms with Crippen molar-refractivity contribution in [3.05, 3.63) is 52.8 Å². The highest BCUT2D eigenvalue weighted by atomic mass is 16.5. The van der Waals surface area contributed by atoms with Gasteiger partial charge in [-0.15, -0.1) is 0 Å². The first kappa shape index (κ1) is 17.2. The molecule has 124 valence electrons. The lowest BCUT2D eigenvalue weighted by molar-refractivity contribution is -0.121. The van der Waals surface area contributed by atoms with Gasteiger partial charge in [0, 0.05) is 25.7 Å². The van der Waals surface area contributed by atoms with E-state index in [1.54, 1.807) is 0 Å². The van der Waals surface area contributed by atoms with E-state index in [4.69, 9.17) is 4.74 Å². The number of carbonyl (C=O) groups excluding carboxylic acids is 1. The van der Waals surface area contributed by atoms with Crippen molar-refractivity contribution in [3.8, 4) is 0 Å². The van der Waals surface area contributed by atoms with Crippen LogP contribution in [0.4, 0.5) is 0 Å². The van der Waals surface area contributed by atoms with E-state index in [9.17, 15) is 4.79 Å². The maximum Gasteiger partial charge on any atom is 0.220 e. The summed E-state index contributed by atoms with van der Waals surface area (Å²) in [5, 5.41) is 7.26. The molecule has 0 saturated heterocycles. The summed E-state index contributed by atoms with van der Waals surface area (Å²) in [6, 6.07) is 10.0. The van der Waals surface area contributed by atoms with Crippen molar-refractivity contribution in [3.63, 3.8) is 0 Å². The van der Waals surface area contributed by atoms with E-state index in [2.05, 4.69) is 10.4 Å². The molecule has 0 atom stereocenters. The van der Waals surface area contributed by atoms with Crippen LogP contribution < -0.4 is 5.32 Å². The van der Waals surface area contributed by atoms with Gasteiger partial charge < -0.3 is 10.1 Å². The Morgan fingerprint density at radius 2 is 2.00 bits per heavy atom. The zero-order valence-electron chi connectivity index (χ0n) is 14.1. The molecule has 0 aliphatic rings. The van der Waals surface area contributed by atoms with E-state index < -0.39 is 0 Å². The molecule has 0 fully saturated rings. The van der Waals surface area contributed by atoms with Crippen LogP contribution in [0.5, 0.6) is 0 Å². The summed E-state index contributed by atoms with van der Waals surface area (Å²) in [5.74, 6) is 0.0518. The van der Waals surface area contributed by atoms with Gasteiger partial charge in [-0.05, 0) is 31.4 Å². The summed E-state index contributed by atoms with van der Waals surface area (Å²) in [7, 11) is 1.93. The lowest BCUT2D eigenvalue weighted by Crippen LogP contribution is -2.27. The van der Waals surface area contributed by atoms with Crippen LogP contribution in [0.1, 0.15) is 28.9 Å². The summed E-state index contributed by atoms with van der Waals surface area (Å²) in [5.41, 5.74) is 4.44. The van der Waals surface area contributed by atoms with Crippen LogP contribution in [0, 0.1) is 13.8 Å². The fraction of sp³-hybridized carbons (Fsp3) is 0.444. The predicted octanol–water partition coefficient (Wildman–Crippen LogP) is 2.30. The molecule has 0 spiro atoms. The smallest absolute Gasteiger partial charge is 0.220 e. The largest absolute Gasteiger partial charge is 0.375 e. The van der Waals surface area contributed by atoms with Gasteiger partial charge in [0.15, 0.2) is 0 Å². The molecule has 1 heterocycles. The lowest BCUT2D eigenvalue weighted by Gasteiger charge is -2.07.